The summed E-state index contributed by atoms with van der Waals surface area (Å²) in [7, 11) is 0. The fourth-order valence-electron chi connectivity index (χ4n) is 3.10. The van der Waals surface area contributed by atoms with Gasteiger partial charge in [0.25, 0.3) is 5.56 Å². The van der Waals surface area contributed by atoms with E-state index in [0.29, 0.717) is 39.5 Å². The van der Waals surface area contributed by atoms with Gasteiger partial charge in [0.15, 0.2) is 11.6 Å². The summed E-state index contributed by atoms with van der Waals surface area (Å²) in [6.45, 7) is 3.84. The summed E-state index contributed by atoms with van der Waals surface area (Å²) in [4.78, 5) is 25.4. The number of aryl methyl sites for hydroxylation is 2. The van der Waals surface area contributed by atoms with Gasteiger partial charge < -0.3 is 10.6 Å². The van der Waals surface area contributed by atoms with Crippen LogP contribution in [0.15, 0.2) is 41.2 Å². The fraction of sp³-hybridized carbons (Fsp3) is 0.105. The van der Waals surface area contributed by atoms with Crippen LogP contribution in [0.2, 0.25) is 0 Å². The van der Waals surface area contributed by atoms with Crippen molar-refractivity contribution in [3.63, 3.8) is 0 Å². The van der Waals surface area contributed by atoms with Crippen molar-refractivity contribution >= 4 is 45.2 Å². The molecule has 0 fully saturated rings. The predicted octanol–water partition coefficient (Wildman–Crippen LogP) is 3.02. The van der Waals surface area contributed by atoms with Crippen molar-refractivity contribution in [2.45, 2.75) is 13.8 Å². The molecule has 10 heteroatoms. The third kappa shape index (κ3) is 3.16. The molecule has 5 aromatic rings. The average Bonchev–Trinajstić information content (AvgIpc) is 3.27. The number of anilines is 4. The maximum absolute atomic E-state index is 11.7. The maximum atomic E-state index is 11.7. The first-order valence-electron chi connectivity index (χ1n) is 8.97. The summed E-state index contributed by atoms with van der Waals surface area (Å²) in [5.41, 5.74) is 4.43. The molecule has 4 aromatic heterocycles. The van der Waals surface area contributed by atoms with Gasteiger partial charge in [-0.15, -0.1) is 0 Å². The van der Waals surface area contributed by atoms with Crippen molar-refractivity contribution < 1.29 is 0 Å². The molecule has 0 aliphatic rings. The van der Waals surface area contributed by atoms with Crippen molar-refractivity contribution in [3.05, 3.63) is 58.1 Å². The van der Waals surface area contributed by atoms with Gasteiger partial charge in [-0.2, -0.15) is 10.1 Å². The number of nitrogens with one attached hydrogen (secondary N) is 5. The zero-order valence-corrected chi connectivity index (χ0v) is 15.7. The molecule has 0 atom stereocenters. The molecule has 0 unspecified atom stereocenters. The van der Waals surface area contributed by atoms with Gasteiger partial charge in [-0.05, 0) is 44.2 Å². The lowest BCUT2D eigenvalue weighted by molar-refractivity contribution is 1.05. The largest absolute Gasteiger partial charge is 0.324 e. The summed E-state index contributed by atoms with van der Waals surface area (Å²) < 4.78 is 0. The summed E-state index contributed by atoms with van der Waals surface area (Å²) in [5, 5.41) is 19.5. The number of benzene rings is 1. The highest BCUT2D eigenvalue weighted by Gasteiger charge is 2.12. The number of hydrogen-bond donors (Lipinski definition) is 5. The standard InChI is InChI=1S/C19H17N9O/c1-9-3-6-13-16(20-9)17(23-15-7-10(2)25-27-15)24-19(22-13)21-11-4-5-12-14(8-11)26-28-18(12)29/h3-8H,1-2H3,(H2,26,28,29)(H3,21,22,23,24,25,27). The lowest BCUT2D eigenvalue weighted by Gasteiger charge is -2.10. The highest BCUT2D eigenvalue weighted by molar-refractivity contribution is 5.89. The molecule has 5 N–H and O–H groups in total. The molecular formula is C19H17N9O. The topological polar surface area (TPSA) is 140 Å². The van der Waals surface area contributed by atoms with E-state index in [1.807, 2.05) is 38.1 Å². The van der Waals surface area contributed by atoms with Crippen LogP contribution < -0.4 is 16.2 Å². The monoisotopic (exact) mass is 387 g/mol. The summed E-state index contributed by atoms with van der Waals surface area (Å²) in [6, 6.07) is 11.0. The van der Waals surface area contributed by atoms with Crippen LogP contribution in [0, 0.1) is 13.8 Å². The number of aromatic amines is 3. The molecule has 0 aliphatic heterocycles. The second kappa shape index (κ2) is 6.44. The third-order valence-corrected chi connectivity index (χ3v) is 4.46. The number of hydrogen-bond acceptors (Lipinski definition) is 7. The Morgan fingerprint density at radius 3 is 2.66 bits per heavy atom. The van der Waals surface area contributed by atoms with Gasteiger partial charge in [0.05, 0.1) is 16.4 Å². The van der Waals surface area contributed by atoms with Gasteiger partial charge >= 0.3 is 0 Å². The molecule has 0 spiro atoms. The fourth-order valence-corrected chi connectivity index (χ4v) is 3.10. The highest BCUT2D eigenvalue weighted by atomic mass is 16.1. The van der Waals surface area contributed by atoms with Gasteiger partial charge in [-0.25, -0.2) is 9.97 Å². The molecule has 4 heterocycles. The molecule has 29 heavy (non-hydrogen) atoms. The van der Waals surface area contributed by atoms with E-state index in [1.54, 1.807) is 12.1 Å². The van der Waals surface area contributed by atoms with Crippen LogP contribution >= 0.6 is 0 Å². The average molecular weight is 387 g/mol. The maximum Gasteiger partial charge on any atom is 0.271 e. The van der Waals surface area contributed by atoms with Crippen molar-refractivity contribution in [2.75, 3.05) is 10.6 Å². The molecule has 1 aromatic carbocycles. The van der Waals surface area contributed by atoms with Crippen LogP contribution in [0.1, 0.15) is 11.4 Å². The van der Waals surface area contributed by atoms with Crippen LogP contribution in [0.3, 0.4) is 0 Å². The van der Waals surface area contributed by atoms with E-state index in [2.05, 4.69) is 46.0 Å². The van der Waals surface area contributed by atoms with Crippen molar-refractivity contribution in [1.82, 2.24) is 35.3 Å². The highest BCUT2D eigenvalue weighted by Crippen LogP contribution is 2.25. The van der Waals surface area contributed by atoms with E-state index >= 15 is 0 Å². The second-order valence-corrected chi connectivity index (χ2v) is 6.74. The quantitative estimate of drug-likeness (QED) is 0.319. The van der Waals surface area contributed by atoms with E-state index in [-0.39, 0.29) is 5.56 Å². The van der Waals surface area contributed by atoms with Crippen LogP contribution in [-0.2, 0) is 0 Å². The van der Waals surface area contributed by atoms with E-state index in [9.17, 15) is 4.79 Å². The minimum atomic E-state index is -0.157. The second-order valence-electron chi connectivity index (χ2n) is 6.74. The Kier molecular flexibility index (Phi) is 3.76. The first-order valence-corrected chi connectivity index (χ1v) is 8.97. The number of aromatic nitrogens is 7. The lowest BCUT2D eigenvalue weighted by Crippen LogP contribution is -2.04. The summed E-state index contributed by atoms with van der Waals surface area (Å²) >= 11 is 0. The number of pyridine rings is 1. The van der Waals surface area contributed by atoms with E-state index in [4.69, 9.17) is 0 Å². The molecule has 0 bridgehead atoms. The van der Waals surface area contributed by atoms with Crippen LogP contribution in [0.5, 0.6) is 0 Å². The van der Waals surface area contributed by atoms with E-state index in [1.165, 1.54) is 0 Å². The van der Waals surface area contributed by atoms with Crippen molar-refractivity contribution in [2.24, 2.45) is 0 Å². The van der Waals surface area contributed by atoms with Gasteiger partial charge in [-0.1, -0.05) is 0 Å². The third-order valence-electron chi connectivity index (χ3n) is 4.46. The molecule has 0 aliphatic carbocycles. The van der Waals surface area contributed by atoms with Crippen LogP contribution in [0.4, 0.5) is 23.3 Å². The Balaban J connectivity index is 1.57. The SMILES string of the molecule is Cc1ccc2nc(Nc3ccc4c(=O)[nH][nH]c4c3)nc(Nc3cc(C)[nH]n3)c2n1. The number of H-pyrrole nitrogens is 3. The van der Waals surface area contributed by atoms with E-state index < -0.39 is 0 Å². The Morgan fingerprint density at radius 2 is 1.83 bits per heavy atom. The Hall–Kier alpha value is -4.21. The molecule has 0 saturated heterocycles. The lowest BCUT2D eigenvalue weighted by atomic mass is 10.2. The predicted molar refractivity (Wildman–Crippen MR) is 111 cm³/mol. The van der Waals surface area contributed by atoms with Gasteiger partial charge in [0.1, 0.15) is 5.52 Å². The Morgan fingerprint density at radius 1 is 0.931 bits per heavy atom. The molecule has 0 saturated carbocycles. The zero-order valence-electron chi connectivity index (χ0n) is 15.7. The molecule has 0 radical (unpaired) electrons. The minimum Gasteiger partial charge on any atom is -0.324 e. The zero-order chi connectivity index (χ0) is 20.0. The van der Waals surface area contributed by atoms with Crippen LogP contribution in [0.25, 0.3) is 21.9 Å². The van der Waals surface area contributed by atoms with Crippen molar-refractivity contribution in [1.29, 1.82) is 0 Å². The van der Waals surface area contributed by atoms with Gasteiger partial charge in [0.2, 0.25) is 5.95 Å². The van der Waals surface area contributed by atoms with E-state index in [0.717, 1.165) is 17.1 Å². The first-order chi connectivity index (χ1) is 14.0. The smallest absolute Gasteiger partial charge is 0.271 e. The summed E-state index contributed by atoms with van der Waals surface area (Å²) in [6.07, 6.45) is 0. The number of nitrogens with zero attached hydrogens (tertiary/aromatic N) is 4. The number of fused-ring (bicyclic) bond motifs is 2. The normalized spacial score (nSPS) is 11.2. The molecular weight excluding hydrogens is 370 g/mol. The Bertz CT molecular complexity index is 1410. The minimum absolute atomic E-state index is 0.157. The summed E-state index contributed by atoms with van der Waals surface area (Å²) in [5.74, 6) is 1.59. The van der Waals surface area contributed by atoms with Crippen molar-refractivity contribution in [3.8, 4) is 0 Å². The first kappa shape index (κ1) is 16.9. The molecule has 5 rings (SSSR count). The molecule has 144 valence electrons. The van der Waals surface area contributed by atoms with Crippen LogP contribution in [-0.4, -0.2) is 35.3 Å². The molecule has 10 nitrogen and oxygen atoms in total. The van der Waals surface area contributed by atoms with Gasteiger partial charge in [-0.3, -0.25) is 20.1 Å². The Labute approximate surface area is 163 Å². The number of rotatable bonds is 4. The molecule has 0 amide bonds. The van der Waals surface area contributed by atoms with Gasteiger partial charge in [0, 0.05) is 23.1 Å².